The fourth-order valence-electron chi connectivity index (χ4n) is 2.81. The molecule has 27 heavy (non-hydrogen) atoms. The van der Waals surface area contributed by atoms with Crippen LogP contribution in [0.4, 0.5) is 11.4 Å². The van der Waals surface area contributed by atoms with Crippen molar-refractivity contribution >= 4 is 34.7 Å². The van der Waals surface area contributed by atoms with E-state index in [-0.39, 0.29) is 18.3 Å². The normalized spacial score (nSPS) is 13.9. The van der Waals surface area contributed by atoms with Crippen molar-refractivity contribution in [3.8, 4) is 5.75 Å². The third kappa shape index (κ3) is 5.21. The molecule has 0 unspecified atom stereocenters. The molecule has 2 aromatic carbocycles. The highest BCUT2D eigenvalue weighted by molar-refractivity contribution is 6.31. The minimum absolute atomic E-state index is 0.0177. The number of ether oxygens (including phenoxy) is 2. The molecule has 1 N–H and O–H groups in total. The Morgan fingerprint density at radius 2 is 1.85 bits per heavy atom. The van der Waals surface area contributed by atoms with Gasteiger partial charge in [0.1, 0.15) is 5.75 Å². The number of ketones is 1. The highest BCUT2D eigenvalue weighted by Gasteiger charge is 2.17. The Balaban J connectivity index is 1.63. The van der Waals surface area contributed by atoms with Crippen LogP contribution in [0.3, 0.4) is 0 Å². The lowest BCUT2D eigenvalue weighted by Crippen LogP contribution is -2.37. The Labute approximate surface area is 163 Å². The molecule has 6 nitrogen and oxygen atoms in total. The van der Waals surface area contributed by atoms with Crippen LogP contribution in [-0.4, -0.2) is 44.6 Å². The molecule has 0 bridgehead atoms. The largest absolute Gasteiger partial charge is 0.484 e. The zero-order valence-corrected chi connectivity index (χ0v) is 15.8. The number of hydrogen-bond acceptors (Lipinski definition) is 5. The first-order chi connectivity index (χ1) is 13.0. The molecule has 0 saturated carbocycles. The van der Waals surface area contributed by atoms with Crippen LogP contribution >= 0.6 is 11.6 Å². The van der Waals surface area contributed by atoms with E-state index in [1.54, 1.807) is 36.4 Å². The van der Waals surface area contributed by atoms with E-state index in [0.717, 1.165) is 18.8 Å². The van der Waals surface area contributed by atoms with Crippen LogP contribution in [0.2, 0.25) is 5.02 Å². The fourth-order valence-corrected chi connectivity index (χ4v) is 2.98. The summed E-state index contributed by atoms with van der Waals surface area (Å²) in [4.78, 5) is 25.8. The summed E-state index contributed by atoms with van der Waals surface area (Å²) in [5.41, 5.74) is 2.15. The second-order valence-electron chi connectivity index (χ2n) is 6.18. The van der Waals surface area contributed by atoms with Gasteiger partial charge in [-0.3, -0.25) is 9.59 Å². The van der Waals surface area contributed by atoms with Crippen molar-refractivity contribution in [3.05, 3.63) is 53.1 Å². The molecule has 0 atom stereocenters. The molecular formula is C20H21ClN2O4. The quantitative estimate of drug-likeness (QED) is 0.768. The molecule has 0 spiro atoms. The minimum atomic E-state index is -0.289. The maximum atomic E-state index is 12.3. The van der Waals surface area contributed by atoms with E-state index in [1.165, 1.54) is 6.92 Å². The molecule has 1 amide bonds. The summed E-state index contributed by atoms with van der Waals surface area (Å²) >= 11 is 6.10. The van der Waals surface area contributed by atoms with E-state index in [4.69, 9.17) is 21.1 Å². The van der Waals surface area contributed by atoms with Gasteiger partial charge in [0.2, 0.25) is 0 Å². The number of halogens is 1. The van der Waals surface area contributed by atoms with E-state index in [0.29, 0.717) is 35.2 Å². The lowest BCUT2D eigenvalue weighted by Gasteiger charge is -2.30. The van der Waals surface area contributed by atoms with Crippen LogP contribution in [0.25, 0.3) is 0 Å². The maximum Gasteiger partial charge on any atom is 0.262 e. The molecule has 1 fully saturated rings. The van der Waals surface area contributed by atoms with Crippen LogP contribution in [0.1, 0.15) is 17.3 Å². The van der Waals surface area contributed by atoms with Gasteiger partial charge in [0, 0.05) is 23.7 Å². The Morgan fingerprint density at radius 3 is 2.52 bits per heavy atom. The zero-order valence-electron chi connectivity index (χ0n) is 15.0. The topological polar surface area (TPSA) is 67.9 Å². The standard InChI is InChI=1S/C20H21ClN2O4/c1-14(24)15-2-5-17(6-3-15)27-13-20(25)22-18-12-16(21)4-7-19(18)23-8-10-26-11-9-23/h2-7,12H,8-11,13H2,1H3,(H,22,25). The van der Waals surface area contributed by atoms with Gasteiger partial charge in [0.25, 0.3) is 5.91 Å². The average Bonchev–Trinajstić information content (AvgIpc) is 2.67. The zero-order chi connectivity index (χ0) is 19.2. The Bertz CT molecular complexity index is 817. The van der Waals surface area contributed by atoms with Gasteiger partial charge in [-0.05, 0) is 49.4 Å². The summed E-state index contributed by atoms with van der Waals surface area (Å²) in [6, 6.07) is 12.1. The number of hydrogen-bond donors (Lipinski definition) is 1. The van der Waals surface area contributed by atoms with Crippen LogP contribution in [-0.2, 0) is 9.53 Å². The lowest BCUT2D eigenvalue weighted by molar-refractivity contribution is -0.118. The number of carbonyl (C=O) groups is 2. The summed E-state index contributed by atoms with van der Waals surface area (Å²) < 4.78 is 10.9. The van der Waals surface area contributed by atoms with Gasteiger partial charge in [-0.1, -0.05) is 11.6 Å². The Kier molecular flexibility index (Phi) is 6.32. The number of nitrogens with zero attached hydrogens (tertiary/aromatic N) is 1. The summed E-state index contributed by atoms with van der Waals surface area (Å²) in [6.07, 6.45) is 0. The van der Waals surface area contributed by atoms with E-state index in [1.807, 2.05) is 6.07 Å². The van der Waals surface area contributed by atoms with Gasteiger partial charge in [-0.15, -0.1) is 0 Å². The first-order valence-corrected chi connectivity index (χ1v) is 9.06. The first kappa shape index (κ1) is 19.2. The van der Waals surface area contributed by atoms with Gasteiger partial charge in [0.05, 0.1) is 24.6 Å². The first-order valence-electron chi connectivity index (χ1n) is 8.69. The number of rotatable bonds is 6. The summed E-state index contributed by atoms with van der Waals surface area (Å²) in [6.45, 7) is 4.16. The minimum Gasteiger partial charge on any atom is -0.484 e. The van der Waals surface area contributed by atoms with Crippen molar-refractivity contribution in [3.63, 3.8) is 0 Å². The van der Waals surface area contributed by atoms with E-state index in [9.17, 15) is 9.59 Å². The Hall–Kier alpha value is -2.57. The summed E-state index contributed by atoms with van der Waals surface area (Å²) in [5.74, 6) is 0.216. The number of morpholine rings is 1. The van der Waals surface area contributed by atoms with Crippen LogP contribution < -0.4 is 15.0 Å². The van der Waals surface area contributed by atoms with Crippen molar-refractivity contribution < 1.29 is 19.1 Å². The van der Waals surface area contributed by atoms with E-state index < -0.39 is 0 Å². The van der Waals surface area contributed by atoms with Gasteiger partial charge < -0.3 is 19.7 Å². The van der Waals surface area contributed by atoms with Gasteiger partial charge >= 0.3 is 0 Å². The smallest absolute Gasteiger partial charge is 0.262 e. The molecule has 0 aliphatic carbocycles. The molecule has 1 aliphatic heterocycles. The van der Waals surface area contributed by atoms with Gasteiger partial charge in [0.15, 0.2) is 12.4 Å². The van der Waals surface area contributed by atoms with Crippen molar-refractivity contribution in [1.29, 1.82) is 0 Å². The van der Waals surface area contributed by atoms with Crippen molar-refractivity contribution in [2.24, 2.45) is 0 Å². The molecule has 142 valence electrons. The van der Waals surface area contributed by atoms with Crippen molar-refractivity contribution in [2.45, 2.75) is 6.92 Å². The number of anilines is 2. The Morgan fingerprint density at radius 1 is 1.15 bits per heavy atom. The van der Waals surface area contributed by atoms with Crippen LogP contribution in [0.5, 0.6) is 5.75 Å². The lowest BCUT2D eigenvalue weighted by atomic mass is 10.1. The second kappa shape index (κ2) is 8.88. The third-order valence-electron chi connectivity index (χ3n) is 4.22. The third-order valence-corrected chi connectivity index (χ3v) is 4.45. The SMILES string of the molecule is CC(=O)c1ccc(OCC(=O)Nc2cc(Cl)ccc2N2CCOCC2)cc1. The molecule has 0 aromatic heterocycles. The molecular weight excluding hydrogens is 368 g/mol. The van der Waals surface area contributed by atoms with E-state index in [2.05, 4.69) is 10.2 Å². The highest BCUT2D eigenvalue weighted by atomic mass is 35.5. The number of carbonyl (C=O) groups excluding carboxylic acids is 2. The van der Waals surface area contributed by atoms with Gasteiger partial charge in [-0.25, -0.2) is 0 Å². The van der Waals surface area contributed by atoms with Crippen LogP contribution in [0.15, 0.2) is 42.5 Å². The fraction of sp³-hybridized carbons (Fsp3) is 0.300. The number of benzene rings is 2. The molecule has 3 rings (SSSR count). The van der Waals surface area contributed by atoms with E-state index >= 15 is 0 Å². The maximum absolute atomic E-state index is 12.3. The number of amides is 1. The van der Waals surface area contributed by atoms with Crippen LogP contribution in [0, 0.1) is 0 Å². The molecule has 1 heterocycles. The predicted molar refractivity (Wildman–Crippen MR) is 105 cm³/mol. The highest BCUT2D eigenvalue weighted by Crippen LogP contribution is 2.30. The monoisotopic (exact) mass is 388 g/mol. The van der Waals surface area contributed by atoms with Gasteiger partial charge in [-0.2, -0.15) is 0 Å². The predicted octanol–water partition coefficient (Wildman–Crippen LogP) is 3.40. The van der Waals surface area contributed by atoms with Crippen molar-refractivity contribution in [2.75, 3.05) is 43.1 Å². The summed E-state index contributed by atoms with van der Waals surface area (Å²) in [7, 11) is 0. The molecule has 2 aromatic rings. The molecule has 7 heteroatoms. The molecule has 0 radical (unpaired) electrons. The number of Topliss-reactive ketones (excluding diaryl/α,β-unsaturated/α-hetero) is 1. The molecule has 1 saturated heterocycles. The molecule has 1 aliphatic rings. The second-order valence-corrected chi connectivity index (χ2v) is 6.61. The average molecular weight is 389 g/mol. The van der Waals surface area contributed by atoms with Crippen molar-refractivity contribution in [1.82, 2.24) is 0 Å². The number of nitrogens with one attached hydrogen (secondary N) is 1. The summed E-state index contributed by atoms with van der Waals surface area (Å²) in [5, 5.41) is 3.41.